The first-order chi connectivity index (χ1) is 9.15. The standard InChI is InChI=1S/C14H12ClN3S/c1-8-6-10-13(16-7-17-14(10)19-8)18-12-5-3-4-11(15)9(12)2/h3-7H,1-2H3,(H,16,17,18). The number of hydrogen-bond donors (Lipinski definition) is 1. The molecule has 2 heterocycles. The number of benzene rings is 1. The highest BCUT2D eigenvalue weighted by molar-refractivity contribution is 7.18. The second-order valence-corrected chi connectivity index (χ2v) is 5.98. The van der Waals surface area contributed by atoms with E-state index in [0.29, 0.717) is 0 Å². The lowest BCUT2D eigenvalue weighted by Gasteiger charge is -2.10. The number of aryl methyl sites for hydroxylation is 1. The van der Waals surface area contributed by atoms with Gasteiger partial charge in [0.25, 0.3) is 0 Å². The fraction of sp³-hybridized carbons (Fsp3) is 0.143. The van der Waals surface area contributed by atoms with E-state index in [2.05, 4.69) is 28.3 Å². The predicted octanol–water partition coefficient (Wildman–Crippen LogP) is 4.71. The van der Waals surface area contributed by atoms with Gasteiger partial charge in [-0.15, -0.1) is 11.3 Å². The van der Waals surface area contributed by atoms with Crippen molar-refractivity contribution in [3.05, 3.63) is 46.1 Å². The molecule has 3 rings (SSSR count). The van der Waals surface area contributed by atoms with Crippen molar-refractivity contribution < 1.29 is 0 Å². The van der Waals surface area contributed by atoms with Gasteiger partial charge in [0.2, 0.25) is 0 Å². The maximum atomic E-state index is 6.13. The van der Waals surface area contributed by atoms with Crippen molar-refractivity contribution in [1.29, 1.82) is 0 Å². The van der Waals surface area contributed by atoms with Crippen LogP contribution in [-0.2, 0) is 0 Å². The third-order valence-corrected chi connectivity index (χ3v) is 4.34. The number of thiophene rings is 1. The highest BCUT2D eigenvalue weighted by Gasteiger charge is 2.09. The van der Waals surface area contributed by atoms with Crippen molar-refractivity contribution in [2.75, 3.05) is 5.32 Å². The summed E-state index contributed by atoms with van der Waals surface area (Å²) in [6.07, 6.45) is 1.58. The molecule has 19 heavy (non-hydrogen) atoms. The van der Waals surface area contributed by atoms with Crippen molar-refractivity contribution in [3.8, 4) is 0 Å². The molecule has 0 spiro atoms. The minimum atomic E-state index is 0.747. The van der Waals surface area contributed by atoms with Gasteiger partial charge in [0.1, 0.15) is 17.0 Å². The fourth-order valence-electron chi connectivity index (χ4n) is 1.95. The number of aromatic nitrogens is 2. The van der Waals surface area contributed by atoms with Gasteiger partial charge >= 0.3 is 0 Å². The van der Waals surface area contributed by atoms with E-state index in [1.165, 1.54) is 4.88 Å². The van der Waals surface area contributed by atoms with E-state index in [4.69, 9.17) is 11.6 Å². The number of anilines is 2. The SMILES string of the molecule is Cc1cc2c(Nc3cccc(Cl)c3C)ncnc2s1. The largest absolute Gasteiger partial charge is 0.339 e. The lowest BCUT2D eigenvalue weighted by Crippen LogP contribution is -1.96. The molecule has 0 atom stereocenters. The Morgan fingerprint density at radius 2 is 2.05 bits per heavy atom. The van der Waals surface area contributed by atoms with Crippen LogP contribution in [0.3, 0.4) is 0 Å². The van der Waals surface area contributed by atoms with Crippen molar-refractivity contribution >= 4 is 44.7 Å². The molecule has 0 unspecified atom stereocenters. The number of nitrogens with zero attached hydrogens (tertiary/aromatic N) is 2. The Kier molecular flexibility index (Phi) is 3.12. The van der Waals surface area contributed by atoms with Crippen LogP contribution in [0.25, 0.3) is 10.2 Å². The molecule has 0 aliphatic carbocycles. The van der Waals surface area contributed by atoms with Crippen LogP contribution in [0.4, 0.5) is 11.5 Å². The molecule has 0 radical (unpaired) electrons. The number of nitrogens with one attached hydrogen (secondary N) is 1. The lowest BCUT2D eigenvalue weighted by molar-refractivity contribution is 1.23. The molecule has 2 aromatic heterocycles. The molecule has 3 nitrogen and oxygen atoms in total. The highest BCUT2D eigenvalue weighted by Crippen LogP contribution is 2.31. The van der Waals surface area contributed by atoms with Gasteiger partial charge in [-0.3, -0.25) is 0 Å². The smallest absolute Gasteiger partial charge is 0.142 e. The number of halogens is 1. The van der Waals surface area contributed by atoms with Crippen molar-refractivity contribution in [2.24, 2.45) is 0 Å². The number of hydrogen-bond acceptors (Lipinski definition) is 4. The van der Waals surface area contributed by atoms with Gasteiger partial charge in [0.05, 0.1) is 5.39 Å². The molecule has 0 saturated heterocycles. The van der Waals surface area contributed by atoms with E-state index < -0.39 is 0 Å². The Morgan fingerprint density at radius 1 is 1.21 bits per heavy atom. The van der Waals surface area contributed by atoms with Gasteiger partial charge in [-0.1, -0.05) is 17.7 Å². The van der Waals surface area contributed by atoms with E-state index in [-0.39, 0.29) is 0 Å². The topological polar surface area (TPSA) is 37.8 Å². The van der Waals surface area contributed by atoms with Crippen LogP contribution < -0.4 is 5.32 Å². The molecule has 0 bridgehead atoms. The molecule has 3 aromatic rings. The molecule has 5 heteroatoms. The van der Waals surface area contributed by atoms with Gasteiger partial charge in [0.15, 0.2) is 0 Å². The molecule has 1 aromatic carbocycles. The summed E-state index contributed by atoms with van der Waals surface area (Å²) < 4.78 is 0. The maximum absolute atomic E-state index is 6.13. The van der Waals surface area contributed by atoms with Crippen LogP contribution in [0.5, 0.6) is 0 Å². The summed E-state index contributed by atoms with van der Waals surface area (Å²) in [5, 5.41) is 5.13. The molecular weight excluding hydrogens is 278 g/mol. The van der Waals surface area contributed by atoms with Gasteiger partial charge in [-0.2, -0.15) is 0 Å². The molecular formula is C14H12ClN3S. The van der Waals surface area contributed by atoms with Crippen LogP contribution in [0.1, 0.15) is 10.4 Å². The summed E-state index contributed by atoms with van der Waals surface area (Å²) >= 11 is 7.80. The molecule has 1 N–H and O–H groups in total. The predicted molar refractivity (Wildman–Crippen MR) is 81.6 cm³/mol. The van der Waals surface area contributed by atoms with Crippen molar-refractivity contribution in [2.45, 2.75) is 13.8 Å². The normalized spacial score (nSPS) is 10.9. The van der Waals surface area contributed by atoms with E-state index in [0.717, 1.165) is 32.3 Å². The minimum absolute atomic E-state index is 0.747. The van der Waals surface area contributed by atoms with Crippen LogP contribution >= 0.6 is 22.9 Å². The quantitative estimate of drug-likeness (QED) is 0.743. The monoisotopic (exact) mass is 289 g/mol. The van der Waals surface area contributed by atoms with Crippen LogP contribution in [0, 0.1) is 13.8 Å². The number of rotatable bonds is 2. The molecule has 0 aliphatic rings. The average molecular weight is 290 g/mol. The zero-order valence-corrected chi connectivity index (χ0v) is 12.1. The van der Waals surface area contributed by atoms with Crippen LogP contribution in [0.15, 0.2) is 30.6 Å². The molecule has 96 valence electrons. The third-order valence-electron chi connectivity index (χ3n) is 2.97. The maximum Gasteiger partial charge on any atom is 0.142 e. The summed E-state index contributed by atoms with van der Waals surface area (Å²) in [5.41, 5.74) is 1.99. The zero-order chi connectivity index (χ0) is 13.4. The van der Waals surface area contributed by atoms with Gasteiger partial charge in [-0.25, -0.2) is 9.97 Å². The molecule has 0 aliphatic heterocycles. The second-order valence-electron chi connectivity index (χ2n) is 4.34. The number of fused-ring (bicyclic) bond motifs is 1. The Morgan fingerprint density at radius 3 is 2.89 bits per heavy atom. The van der Waals surface area contributed by atoms with E-state index in [1.54, 1.807) is 17.7 Å². The first-order valence-corrected chi connectivity index (χ1v) is 7.08. The molecule has 0 saturated carbocycles. The average Bonchev–Trinajstić information content (AvgIpc) is 2.76. The Labute approximate surface area is 120 Å². The lowest BCUT2D eigenvalue weighted by atomic mass is 10.2. The van der Waals surface area contributed by atoms with E-state index >= 15 is 0 Å². The third kappa shape index (κ3) is 2.29. The first-order valence-electron chi connectivity index (χ1n) is 5.88. The Balaban J connectivity index is 2.08. The second kappa shape index (κ2) is 4.79. The Hall–Kier alpha value is -1.65. The summed E-state index contributed by atoms with van der Waals surface area (Å²) in [6.45, 7) is 4.06. The van der Waals surface area contributed by atoms with Gasteiger partial charge in [0, 0.05) is 15.6 Å². The summed E-state index contributed by atoms with van der Waals surface area (Å²) in [6, 6.07) is 7.90. The van der Waals surface area contributed by atoms with Gasteiger partial charge in [-0.05, 0) is 37.6 Å². The zero-order valence-electron chi connectivity index (χ0n) is 10.6. The van der Waals surface area contributed by atoms with E-state index in [9.17, 15) is 0 Å². The van der Waals surface area contributed by atoms with Crippen molar-refractivity contribution in [1.82, 2.24) is 9.97 Å². The fourth-order valence-corrected chi connectivity index (χ4v) is 2.97. The van der Waals surface area contributed by atoms with Crippen LogP contribution in [-0.4, -0.2) is 9.97 Å². The van der Waals surface area contributed by atoms with Crippen molar-refractivity contribution in [3.63, 3.8) is 0 Å². The minimum Gasteiger partial charge on any atom is -0.339 e. The molecule has 0 fully saturated rings. The molecule has 0 amide bonds. The van der Waals surface area contributed by atoms with E-state index in [1.807, 2.05) is 25.1 Å². The summed E-state index contributed by atoms with van der Waals surface area (Å²) in [4.78, 5) is 10.8. The summed E-state index contributed by atoms with van der Waals surface area (Å²) in [7, 11) is 0. The van der Waals surface area contributed by atoms with Gasteiger partial charge < -0.3 is 5.32 Å². The highest BCUT2D eigenvalue weighted by atomic mass is 35.5. The van der Waals surface area contributed by atoms with Crippen LogP contribution in [0.2, 0.25) is 5.02 Å². The Bertz CT molecular complexity index is 752. The first kappa shape index (κ1) is 12.4. The summed E-state index contributed by atoms with van der Waals surface area (Å²) in [5.74, 6) is 0.819.